The van der Waals surface area contributed by atoms with Gasteiger partial charge in [0.25, 0.3) is 0 Å². The number of hydrogen-bond donors (Lipinski definition) is 2. The van der Waals surface area contributed by atoms with Gasteiger partial charge in [-0.25, -0.2) is 0 Å². The molecule has 1 atom stereocenters. The average Bonchev–Trinajstić information content (AvgIpc) is 2.28. The van der Waals surface area contributed by atoms with E-state index in [1.165, 1.54) is 5.56 Å². The van der Waals surface area contributed by atoms with Gasteiger partial charge in [0.1, 0.15) is 5.75 Å². The maximum absolute atomic E-state index is 5.68. The molecule has 0 radical (unpaired) electrons. The number of nitrogens with one attached hydrogen (secondary N) is 1. The van der Waals surface area contributed by atoms with Crippen LogP contribution in [-0.4, -0.2) is 19.2 Å². The van der Waals surface area contributed by atoms with Gasteiger partial charge in [-0.2, -0.15) is 0 Å². The Hall–Kier alpha value is -1.06. The SMILES string of the molecule is CC(C)Oc1cccc(C(C)NCCCN)c1. The van der Waals surface area contributed by atoms with Crippen molar-refractivity contribution >= 4 is 0 Å². The van der Waals surface area contributed by atoms with Crippen molar-refractivity contribution in [1.82, 2.24) is 5.32 Å². The average molecular weight is 236 g/mol. The Bertz CT molecular complexity index is 326. The highest BCUT2D eigenvalue weighted by molar-refractivity contribution is 5.30. The van der Waals surface area contributed by atoms with Gasteiger partial charge in [0.05, 0.1) is 6.10 Å². The number of benzene rings is 1. The summed E-state index contributed by atoms with van der Waals surface area (Å²) in [6.07, 6.45) is 1.22. The molecule has 3 N–H and O–H groups in total. The molecule has 0 amide bonds. The van der Waals surface area contributed by atoms with Crippen LogP contribution in [0.3, 0.4) is 0 Å². The van der Waals surface area contributed by atoms with Crippen molar-refractivity contribution < 1.29 is 4.74 Å². The second-order valence-electron chi connectivity index (χ2n) is 4.56. The molecule has 1 unspecified atom stereocenters. The van der Waals surface area contributed by atoms with Gasteiger partial charge < -0.3 is 15.8 Å². The summed E-state index contributed by atoms with van der Waals surface area (Å²) in [5, 5.41) is 3.44. The maximum Gasteiger partial charge on any atom is 0.120 e. The fourth-order valence-corrected chi connectivity index (χ4v) is 1.67. The summed E-state index contributed by atoms with van der Waals surface area (Å²) < 4.78 is 5.68. The third kappa shape index (κ3) is 5.20. The molecule has 0 aromatic heterocycles. The summed E-state index contributed by atoms with van der Waals surface area (Å²) in [7, 11) is 0. The summed E-state index contributed by atoms with van der Waals surface area (Å²) in [5.41, 5.74) is 6.72. The lowest BCUT2D eigenvalue weighted by molar-refractivity contribution is 0.242. The predicted octanol–water partition coefficient (Wildman–Crippen LogP) is 2.47. The smallest absolute Gasteiger partial charge is 0.120 e. The first-order chi connectivity index (χ1) is 8.13. The van der Waals surface area contributed by atoms with Crippen molar-refractivity contribution in [3.05, 3.63) is 29.8 Å². The number of nitrogens with two attached hydrogens (primary N) is 1. The van der Waals surface area contributed by atoms with Gasteiger partial charge in [-0.05, 0) is 58.0 Å². The van der Waals surface area contributed by atoms with Gasteiger partial charge >= 0.3 is 0 Å². The molecule has 3 nitrogen and oxygen atoms in total. The van der Waals surface area contributed by atoms with Crippen molar-refractivity contribution in [2.24, 2.45) is 5.73 Å². The molecular weight excluding hydrogens is 212 g/mol. The molecule has 0 heterocycles. The molecule has 1 aromatic carbocycles. The summed E-state index contributed by atoms with van der Waals surface area (Å²) >= 11 is 0. The fraction of sp³-hybridized carbons (Fsp3) is 0.571. The van der Waals surface area contributed by atoms with Gasteiger partial charge in [0.2, 0.25) is 0 Å². The Morgan fingerprint density at radius 2 is 2.06 bits per heavy atom. The van der Waals surface area contributed by atoms with Crippen LogP contribution in [-0.2, 0) is 0 Å². The molecule has 17 heavy (non-hydrogen) atoms. The molecule has 1 aromatic rings. The van der Waals surface area contributed by atoms with Crippen LogP contribution in [0.5, 0.6) is 5.75 Å². The molecular formula is C14H24N2O. The first-order valence-corrected chi connectivity index (χ1v) is 6.33. The van der Waals surface area contributed by atoms with Gasteiger partial charge in [0, 0.05) is 6.04 Å². The van der Waals surface area contributed by atoms with Crippen LogP contribution >= 0.6 is 0 Å². The molecule has 0 aliphatic heterocycles. The minimum absolute atomic E-state index is 0.214. The summed E-state index contributed by atoms with van der Waals surface area (Å²) in [6.45, 7) is 7.92. The molecule has 0 aliphatic rings. The number of hydrogen-bond acceptors (Lipinski definition) is 3. The van der Waals surface area contributed by atoms with Crippen molar-refractivity contribution in [3.63, 3.8) is 0 Å². The Labute approximate surface area is 104 Å². The normalized spacial score (nSPS) is 12.8. The van der Waals surface area contributed by atoms with E-state index in [1.807, 2.05) is 26.0 Å². The van der Waals surface area contributed by atoms with Gasteiger partial charge in [-0.15, -0.1) is 0 Å². The summed E-state index contributed by atoms with van der Waals surface area (Å²) in [6, 6.07) is 8.58. The van der Waals surface area contributed by atoms with E-state index in [9.17, 15) is 0 Å². The maximum atomic E-state index is 5.68. The standard InChI is InChI=1S/C14H24N2O/c1-11(2)17-14-7-4-6-13(10-14)12(3)16-9-5-8-15/h4,6-7,10-12,16H,5,8-9,15H2,1-3H3. The van der Waals surface area contributed by atoms with Crippen molar-refractivity contribution in [1.29, 1.82) is 0 Å². The number of rotatable bonds is 7. The van der Waals surface area contributed by atoms with Gasteiger partial charge in [0.15, 0.2) is 0 Å². The largest absolute Gasteiger partial charge is 0.491 e. The van der Waals surface area contributed by atoms with E-state index in [2.05, 4.69) is 24.4 Å². The van der Waals surface area contributed by atoms with Gasteiger partial charge in [-0.1, -0.05) is 12.1 Å². The van der Waals surface area contributed by atoms with E-state index in [-0.39, 0.29) is 6.10 Å². The van der Waals surface area contributed by atoms with E-state index in [0.717, 1.165) is 25.3 Å². The summed E-state index contributed by atoms with van der Waals surface area (Å²) in [5.74, 6) is 0.935. The van der Waals surface area contributed by atoms with E-state index in [1.54, 1.807) is 0 Å². The second-order valence-corrected chi connectivity index (χ2v) is 4.56. The Kier molecular flexibility index (Phi) is 6.01. The molecule has 0 saturated heterocycles. The lowest BCUT2D eigenvalue weighted by Gasteiger charge is -2.16. The lowest BCUT2D eigenvalue weighted by atomic mass is 10.1. The zero-order chi connectivity index (χ0) is 12.7. The van der Waals surface area contributed by atoms with E-state index in [0.29, 0.717) is 6.04 Å². The molecule has 1 rings (SSSR count). The van der Waals surface area contributed by atoms with Crippen molar-refractivity contribution in [2.75, 3.05) is 13.1 Å². The highest BCUT2D eigenvalue weighted by Crippen LogP contribution is 2.19. The van der Waals surface area contributed by atoms with Crippen LogP contribution < -0.4 is 15.8 Å². The first-order valence-electron chi connectivity index (χ1n) is 6.33. The summed E-state index contributed by atoms with van der Waals surface area (Å²) in [4.78, 5) is 0. The number of ether oxygens (including phenoxy) is 1. The fourth-order valence-electron chi connectivity index (χ4n) is 1.67. The zero-order valence-corrected chi connectivity index (χ0v) is 11.1. The van der Waals surface area contributed by atoms with E-state index < -0.39 is 0 Å². The first kappa shape index (κ1) is 14.0. The van der Waals surface area contributed by atoms with Crippen LogP contribution in [0, 0.1) is 0 Å². The molecule has 0 fully saturated rings. The van der Waals surface area contributed by atoms with Crippen LogP contribution in [0.1, 0.15) is 38.8 Å². The van der Waals surface area contributed by atoms with Gasteiger partial charge in [-0.3, -0.25) is 0 Å². The Morgan fingerprint density at radius 3 is 2.71 bits per heavy atom. The van der Waals surface area contributed by atoms with Crippen LogP contribution in [0.4, 0.5) is 0 Å². The molecule has 0 aliphatic carbocycles. The quantitative estimate of drug-likeness (QED) is 0.715. The van der Waals surface area contributed by atoms with E-state index >= 15 is 0 Å². The highest BCUT2D eigenvalue weighted by Gasteiger charge is 2.06. The molecule has 0 spiro atoms. The van der Waals surface area contributed by atoms with Crippen LogP contribution in [0.15, 0.2) is 24.3 Å². The molecule has 3 heteroatoms. The van der Waals surface area contributed by atoms with Crippen LogP contribution in [0.2, 0.25) is 0 Å². The highest BCUT2D eigenvalue weighted by atomic mass is 16.5. The zero-order valence-electron chi connectivity index (χ0n) is 11.1. The molecule has 96 valence electrons. The van der Waals surface area contributed by atoms with Crippen molar-refractivity contribution in [3.8, 4) is 5.75 Å². The second kappa shape index (κ2) is 7.30. The predicted molar refractivity (Wildman–Crippen MR) is 72.3 cm³/mol. The third-order valence-electron chi connectivity index (χ3n) is 2.56. The third-order valence-corrected chi connectivity index (χ3v) is 2.56. The lowest BCUT2D eigenvalue weighted by Crippen LogP contribution is -2.21. The monoisotopic (exact) mass is 236 g/mol. The Balaban J connectivity index is 2.57. The minimum Gasteiger partial charge on any atom is -0.491 e. The van der Waals surface area contributed by atoms with Crippen molar-refractivity contribution in [2.45, 2.75) is 39.3 Å². The topological polar surface area (TPSA) is 47.3 Å². The minimum atomic E-state index is 0.214. The molecule has 0 bridgehead atoms. The Morgan fingerprint density at radius 1 is 1.29 bits per heavy atom. The molecule has 0 saturated carbocycles. The van der Waals surface area contributed by atoms with E-state index in [4.69, 9.17) is 10.5 Å². The van der Waals surface area contributed by atoms with Crippen LogP contribution in [0.25, 0.3) is 0 Å².